The fourth-order valence-electron chi connectivity index (χ4n) is 4.05. The number of aliphatic hydroxyl groups is 1. The quantitative estimate of drug-likeness (QED) is 0.807. The minimum Gasteiger partial charge on any atom is -0.394 e. The Labute approximate surface area is 123 Å². The summed E-state index contributed by atoms with van der Waals surface area (Å²) in [7, 11) is 1.82. The molecule has 20 heavy (non-hydrogen) atoms. The van der Waals surface area contributed by atoms with E-state index in [2.05, 4.69) is 24.1 Å². The Kier molecular flexibility index (Phi) is 5.84. The number of piperidine rings is 1. The molecule has 2 atom stereocenters. The van der Waals surface area contributed by atoms with Gasteiger partial charge in [0, 0.05) is 37.8 Å². The number of hydrogen-bond donors (Lipinski definition) is 2. The number of rotatable bonds is 5. The Morgan fingerprint density at radius 2 is 2.00 bits per heavy atom. The molecule has 0 aromatic heterocycles. The summed E-state index contributed by atoms with van der Waals surface area (Å²) in [4.78, 5) is 2.63. The molecule has 1 saturated heterocycles. The molecule has 2 aliphatic rings. The first-order valence-electron chi connectivity index (χ1n) is 8.24. The molecule has 1 aliphatic carbocycles. The van der Waals surface area contributed by atoms with Crippen molar-refractivity contribution in [1.82, 2.24) is 10.2 Å². The summed E-state index contributed by atoms with van der Waals surface area (Å²) in [5, 5.41) is 13.5. The molecule has 2 unspecified atom stereocenters. The lowest BCUT2D eigenvalue weighted by Gasteiger charge is -2.47. The third-order valence-corrected chi connectivity index (χ3v) is 5.04. The van der Waals surface area contributed by atoms with Gasteiger partial charge in [0.1, 0.15) is 0 Å². The lowest BCUT2D eigenvalue weighted by molar-refractivity contribution is 0.00207. The van der Waals surface area contributed by atoms with Gasteiger partial charge in [-0.05, 0) is 38.5 Å². The van der Waals surface area contributed by atoms with E-state index in [0.29, 0.717) is 18.2 Å². The molecule has 118 valence electrons. The van der Waals surface area contributed by atoms with Crippen LogP contribution in [0.15, 0.2) is 0 Å². The van der Waals surface area contributed by atoms with Crippen molar-refractivity contribution in [2.24, 2.45) is 0 Å². The summed E-state index contributed by atoms with van der Waals surface area (Å²) < 4.78 is 5.46. The standard InChI is InChI=1S/C16H32N2O2/c1-13(2)17-16(12-19)8-4-5-14(11-16)18-9-6-15(20-3)7-10-18/h13-15,17,19H,4-12H2,1-3H3. The van der Waals surface area contributed by atoms with Crippen molar-refractivity contribution in [3.63, 3.8) is 0 Å². The van der Waals surface area contributed by atoms with E-state index >= 15 is 0 Å². The van der Waals surface area contributed by atoms with Gasteiger partial charge < -0.3 is 20.1 Å². The molecule has 0 bridgehead atoms. The van der Waals surface area contributed by atoms with Gasteiger partial charge in [-0.2, -0.15) is 0 Å². The minimum atomic E-state index is -0.0603. The Morgan fingerprint density at radius 1 is 1.30 bits per heavy atom. The van der Waals surface area contributed by atoms with E-state index in [4.69, 9.17) is 4.74 Å². The third-order valence-electron chi connectivity index (χ3n) is 5.04. The van der Waals surface area contributed by atoms with Gasteiger partial charge in [0.2, 0.25) is 0 Å². The predicted molar refractivity (Wildman–Crippen MR) is 81.9 cm³/mol. The van der Waals surface area contributed by atoms with E-state index in [0.717, 1.165) is 38.8 Å². The van der Waals surface area contributed by atoms with Crippen LogP contribution in [0.3, 0.4) is 0 Å². The fourth-order valence-corrected chi connectivity index (χ4v) is 4.05. The van der Waals surface area contributed by atoms with Gasteiger partial charge in [-0.25, -0.2) is 0 Å². The van der Waals surface area contributed by atoms with Crippen LogP contribution in [0.1, 0.15) is 52.4 Å². The summed E-state index contributed by atoms with van der Waals surface area (Å²) >= 11 is 0. The minimum absolute atomic E-state index is 0.0603. The predicted octanol–water partition coefficient (Wildman–Crippen LogP) is 1.77. The van der Waals surface area contributed by atoms with Crippen molar-refractivity contribution >= 4 is 0 Å². The molecular formula is C16H32N2O2. The zero-order chi connectivity index (χ0) is 14.6. The van der Waals surface area contributed by atoms with Crippen molar-refractivity contribution in [3.8, 4) is 0 Å². The molecule has 0 amide bonds. The molecule has 0 aromatic rings. The van der Waals surface area contributed by atoms with Gasteiger partial charge in [-0.15, -0.1) is 0 Å². The maximum absolute atomic E-state index is 9.89. The van der Waals surface area contributed by atoms with Gasteiger partial charge in [0.25, 0.3) is 0 Å². The lowest BCUT2D eigenvalue weighted by atomic mass is 9.78. The molecule has 4 heteroatoms. The molecule has 1 aliphatic heterocycles. The first-order valence-corrected chi connectivity index (χ1v) is 8.24. The average molecular weight is 284 g/mol. The number of likely N-dealkylation sites (tertiary alicyclic amines) is 1. The molecule has 1 saturated carbocycles. The number of aliphatic hydroxyl groups excluding tert-OH is 1. The van der Waals surface area contributed by atoms with Crippen molar-refractivity contribution in [3.05, 3.63) is 0 Å². The van der Waals surface area contributed by atoms with Crippen LogP contribution in [0.25, 0.3) is 0 Å². The highest BCUT2D eigenvalue weighted by atomic mass is 16.5. The Bertz CT molecular complexity index is 290. The number of methoxy groups -OCH3 is 1. The average Bonchev–Trinajstić information content (AvgIpc) is 2.47. The maximum Gasteiger partial charge on any atom is 0.0613 e. The van der Waals surface area contributed by atoms with Crippen LogP contribution >= 0.6 is 0 Å². The fraction of sp³-hybridized carbons (Fsp3) is 1.00. The molecule has 0 spiro atoms. The second-order valence-corrected chi connectivity index (χ2v) is 6.96. The van der Waals surface area contributed by atoms with Crippen LogP contribution in [0.5, 0.6) is 0 Å². The Hall–Kier alpha value is -0.160. The van der Waals surface area contributed by atoms with Crippen LogP contribution in [-0.4, -0.2) is 60.5 Å². The van der Waals surface area contributed by atoms with E-state index in [-0.39, 0.29) is 12.1 Å². The Balaban J connectivity index is 1.92. The van der Waals surface area contributed by atoms with Gasteiger partial charge in [0.15, 0.2) is 0 Å². The van der Waals surface area contributed by atoms with Gasteiger partial charge in [-0.1, -0.05) is 13.8 Å². The largest absolute Gasteiger partial charge is 0.394 e. The van der Waals surface area contributed by atoms with Crippen LogP contribution in [0.2, 0.25) is 0 Å². The summed E-state index contributed by atoms with van der Waals surface area (Å²) in [6, 6.07) is 1.06. The molecule has 2 N–H and O–H groups in total. The molecule has 4 nitrogen and oxygen atoms in total. The van der Waals surface area contributed by atoms with E-state index in [1.807, 2.05) is 7.11 Å². The van der Waals surface area contributed by atoms with E-state index < -0.39 is 0 Å². The van der Waals surface area contributed by atoms with Crippen molar-refractivity contribution < 1.29 is 9.84 Å². The van der Waals surface area contributed by atoms with E-state index in [1.54, 1.807) is 0 Å². The SMILES string of the molecule is COC1CCN(C2CCCC(CO)(NC(C)C)C2)CC1. The second-order valence-electron chi connectivity index (χ2n) is 6.96. The first-order chi connectivity index (χ1) is 9.58. The number of hydrogen-bond acceptors (Lipinski definition) is 4. The highest BCUT2D eigenvalue weighted by Gasteiger charge is 2.38. The highest BCUT2D eigenvalue weighted by Crippen LogP contribution is 2.33. The van der Waals surface area contributed by atoms with Crippen molar-refractivity contribution in [1.29, 1.82) is 0 Å². The maximum atomic E-state index is 9.89. The molecule has 1 heterocycles. The van der Waals surface area contributed by atoms with Gasteiger partial charge in [0.05, 0.1) is 12.7 Å². The van der Waals surface area contributed by atoms with E-state index in [1.165, 1.54) is 12.8 Å². The smallest absolute Gasteiger partial charge is 0.0613 e. The monoisotopic (exact) mass is 284 g/mol. The normalized spacial score (nSPS) is 33.8. The Morgan fingerprint density at radius 3 is 2.55 bits per heavy atom. The number of nitrogens with zero attached hydrogens (tertiary/aromatic N) is 1. The summed E-state index contributed by atoms with van der Waals surface area (Å²) in [6.45, 7) is 6.89. The third kappa shape index (κ3) is 3.94. The van der Waals surface area contributed by atoms with Crippen molar-refractivity contribution in [2.45, 2.75) is 76.1 Å². The molecule has 2 fully saturated rings. The summed E-state index contributed by atoms with van der Waals surface area (Å²) in [5.41, 5.74) is -0.0603. The van der Waals surface area contributed by atoms with E-state index in [9.17, 15) is 5.11 Å². The van der Waals surface area contributed by atoms with Gasteiger partial charge >= 0.3 is 0 Å². The zero-order valence-electron chi connectivity index (χ0n) is 13.4. The second kappa shape index (κ2) is 7.21. The van der Waals surface area contributed by atoms with Crippen LogP contribution < -0.4 is 5.32 Å². The molecule has 0 aromatic carbocycles. The summed E-state index contributed by atoms with van der Waals surface area (Å²) in [6.07, 6.45) is 7.43. The molecular weight excluding hydrogens is 252 g/mol. The first kappa shape index (κ1) is 16.2. The highest BCUT2D eigenvalue weighted by molar-refractivity contribution is 4.97. The summed E-state index contributed by atoms with van der Waals surface area (Å²) in [5.74, 6) is 0. The van der Waals surface area contributed by atoms with Crippen LogP contribution in [0.4, 0.5) is 0 Å². The number of nitrogens with one attached hydrogen (secondary N) is 1. The van der Waals surface area contributed by atoms with Crippen LogP contribution in [-0.2, 0) is 4.74 Å². The van der Waals surface area contributed by atoms with Gasteiger partial charge in [-0.3, -0.25) is 0 Å². The van der Waals surface area contributed by atoms with Crippen molar-refractivity contribution in [2.75, 3.05) is 26.8 Å². The molecule has 0 radical (unpaired) electrons. The number of ether oxygens (including phenoxy) is 1. The van der Waals surface area contributed by atoms with Crippen LogP contribution in [0, 0.1) is 0 Å². The molecule has 2 rings (SSSR count). The zero-order valence-corrected chi connectivity index (χ0v) is 13.4. The topological polar surface area (TPSA) is 44.7 Å². The lowest BCUT2D eigenvalue weighted by Crippen LogP contribution is -2.58.